The SMILES string of the molecule is O=C(NCCc1cc([N+](=O)[O-])ccc1S)C1CCCCCCC1. The first-order chi connectivity index (χ1) is 11.1. The Kier molecular flexibility index (Phi) is 6.89. The molecule has 2 rings (SSSR count). The van der Waals surface area contributed by atoms with Crippen molar-refractivity contribution in [3.63, 3.8) is 0 Å². The average Bonchev–Trinajstić information content (AvgIpc) is 2.48. The van der Waals surface area contributed by atoms with Crippen molar-refractivity contribution in [1.29, 1.82) is 0 Å². The van der Waals surface area contributed by atoms with Crippen LogP contribution < -0.4 is 5.32 Å². The summed E-state index contributed by atoms with van der Waals surface area (Å²) in [5, 5.41) is 13.8. The molecule has 6 heteroatoms. The van der Waals surface area contributed by atoms with Crippen molar-refractivity contribution >= 4 is 24.2 Å². The summed E-state index contributed by atoms with van der Waals surface area (Å²) in [6, 6.07) is 4.61. The monoisotopic (exact) mass is 336 g/mol. The fraction of sp³-hybridized carbons (Fsp3) is 0.588. The molecule has 0 spiro atoms. The van der Waals surface area contributed by atoms with E-state index in [0.717, 1.165) is 36.1 Å². The first-order valence-electron chi connectivity index (χ1n) is 8.32. The van der Waals surface area contributed by atoms with Crippen LogP contribution in [0.2, 0.25) is 0 Å². The zero-order chi connectivity index (χ0) is 16.7. The second-order valence-corrected chi connectivity index (χ2v) is 6.63. The van der Waals surface area contributed by atoms with Crippen LogP contribution >= 0.6 is 12.6 Å². The number of carbonyl (C=O) groups is 1. The van der Waals surface area contributed by atoms with E-state index in [4.69, 9.17) is 0 Å². The smallest absolute Gasteiger partial charge is 0.269 e. The van der Waals surface area contributed by atoms with Crippen LogP contribution in [-0.4, -0.2) is 17.4 Å². The van der Waals surface area contributed by atoms with Crippen LogP contribution in [0, 0.1) is 16.0 Å². The van der Waals surface area contributed by atoms with Gasteiger partial charge in [0, 0.05) is 29.5 Å². The lowest BCUT2D eigenvalue weighted by Crippen LogP contribution is -2.32. The van der Waals surface area contributed by atoms with Crippen molar-refractivity contribution in [1.82, 2.24) is 5.32 Å². The first kappa shape index (κ1) is 17.8. The highest BCUT2D eigenvalue weighted by Crippen LogP contribution is 2.23. The van der Waals surface area contributed by atoms with E-state index in [2.05, 4.69) is 17.9 Å². The minimum Gasteiger partial charge on any atom is -0.356 e. The summed E-state index contributed by atoms with van der Waals surface area (Å²) < 4.78 is 0. The molecule has 1 fully saturated rings. The Bertz CT molecular complexity index is 555. The number of nitrogens with one attached hydrogen (secondary N) is 1. The number of amides is 1. The molecule has 1 saturated carbocycles. The predicted molar refractivity (Wildman–Crippen MR) is 92.9 cm³/mol. The third kappa shape index (κ3) is 5.53. The van der Waals surface area contributed by atoms with Gasteiger partial charge in [-0.05, 0) is 30.9 Å². The number of carbonyl (C=O) groups excluding carboxylic acids is 1. The Morgan fingerprint density at radius 2 is 1.87 bits per heavy atom. The molecule has 1 aromatic carbocycles. The van der Waals surface area contributed by atoms with Gasteiger partial charge in [-0.3, -0.25) is 14.9 Å². The summed E-state index contributed by atoms with van der Waals surface area (Å²) in [5.74, 6) is 0.244. The molecule has 0 aliphatic heterocycles. The lowest BCUT2D eigenvalue weighted by atomic mass is 9.90. The Morgan fingerprint density at radius 1 is 1.22 bits per heavy atom. The van der Waals surface area contributed by atoms with E-state index >= 15 is 0 Å². The quantitative estimate of drug-likeness (QED) is 0.486. The largest absolute Gasteiger partial charge is 0.356 e. The van der Waals surface area contributed by atoms with Gasteiger partial charge in [0.15, 0.2) is 0 Å². The molecule has 1 aliphatic rings. The van der Waals surface area contributed by atoms with E-state index in [9.17, 15) is 14.9 Å². The fourth-order valence-corrected chi connectivity index (χ4v) is 3.32. The van der Waals surface area contributed by atoms with Crippen molar-refractivity contribution in [3.8, 4) is 0 Å². The highest BCUT2D eigenvalue weighted by molar-refractivity contribution is 7.80. The summed E-state index contributed by atoms with van der Waals surface area (Å²) in [4.78, 5) is 23.4. The molecule has 0 heterocycles. The lowest BCUT2D eigenvalue weighted by Gasteiger charge is -2.19. The van der Waals surface area contributed by atoms with Crippen LogP contribution in [0.1, 0.15) is 50.5 Å². The molecule has 0 saturated heterocycles. The molecule has 1 amide bonds. The molecule has 1 aromatic rings. The summed E-state index contributed by atoms with van der Waals surface area (Å²) in [7, 11) is 0. The van der Waals surface area contributed by atoms with Crippen molar-refractivity contribution in [3.05, 3.63) is 33.9 Å². The molecule has 0 atom stereocenters. The van der Waals surface area contributed by atoms with Crippen LogP contribution in [0.15, 0.2) is 23.1 Å². The van der Waals surface area contributed by atoms with E-state index in [-0.39, 0.29) is 17.5 Å². The molecule has 1 aliphatic carbocycles. The molecular weight excluding hydrogens is 312 g/mol. The Labute approximate surface area is 142 Å². The third-order valence-corrected chi connectivity index (χ3v) is 4.88. The van der Waals surface area contributed by atoms with Gasteiger partial charge in [0.1, 0.15) is 0 Å². The van der Waals surface area contributed by atoms with Crippen molar-refractivity contribution < 1.29 is 9.72 Å². The van der Waals surface area contributed by atoms with E-state index in [0.29, 0.717) is 13.0 Å². The van der Waals surface area contributed by atoms with Crippen LogP contribution in [0.4, 0.5) is 5.69 Å². The normalized spacial score (nSPS) is 16.4. The zero-order valence-electron chi connectivity index (χ0n) is 13.3. The van der Waals surface area contributed by atoms with Gasteiger partial charge in [-0.25, -0.2) is 0 Å². The highest BCUT2D eigenvalue weighted by Gasteiger charge is 2.19. The van der Waals surface area contributed by atoms with Gasteiger partial charge in [-0.2, -0.15) is 0 Å². The average molecular weight is 336 g/mol. The molecule has 0 radical (unpaired) electrons. The number of non-ortho nitro benzene ring substituents is 1. The van der Waals surface area contributed by atoms with Gasteiger partial charge in [-0.15, -0.1) is 12.6 Å². The van der Waals surface area contributed by atoms with Crippen molar-refractivity contribution in [2.45, 2.75) is 56.3 Å². The Balaban J connectivity index is 1.85. The number of hydrogen-bond donors (Lipinski definition) is 2. The van der Waals surface area contributed by atoms with Crippen molar-refractivity contribution in [2.24, 2.45) is 5.92 Å². The van der Waals surface area contributed by atoms with Gasteiger partial charge >= 0.3 is 0 Å². The van der Waals surface area contributed by atoms with E-state index < -0.39 is 4.92 Å². The fourth-order valence-electron chi connectivity index (χ4n) is 3.07. The topological polar surface area (TPSA) is 72.2 Å². The number of nitrogens with zero attached hydrogens (tertiary/aromatic N) is 1. The number of rotatable bonds is 5. The highest BCUT2D eigenvalue weighted by atomic mass is 32.1. The molecule has 0 unspecified atom stereocenters. The maximum atomic E-state index is 12.3. The van der Waals surface area contributed by atoms with E-state index in [1.165, 1.54) is 31.4 Å². The van der Waals surface area contributed by atoms with Crippen LogP contribution in [0.5, 0.6) is 0 Å². The molecule has 5 nitrogen and oxygen atoms in total. The summed E-state index contributed by atoms with van der Waals surface area (Å²) in [6.45, 7) is 0.490. The number of nitro benzene ring substituents is 1. The molecular formula is C17H24N2O3S. The van der Waals surface area contributed by atoms with Gasteiger partial charge in [0.2, 0.25) is 5.91 Å². The second kappa shape index (κ2) is 8.91. The standard InChI is InChI=1S/C17H24N2O3S/c20-17(13-6-4-2-1-3-5-7-13)18-11-10-14-12-15(19(21)22)8-9-16(14)23/h8-9,12-13,23H,1-7,10-11H2,(H,18,20). The number of hydrogen-bond acceptors (Lipinski definition) is 4. The van der Waals surface area contributed by atoms with E-state index in [1.807, 2.05) is 0 Å². The van der Waals surface area contributed by atoms with Gasteiger partial charge in [0.25, 0.3) is 5.69 Å². The van der Waals surface area contributed by atoms with Crippen LogP contribution in [0.25, 0.3) is 0 Å². The Hall–Kier alpha value is -1.56. The molecule has 23 heavy (non-hydrogen) atoms. The predicted octanol–water partition coefficient (Wildman–Crippen LogP) is 3.90. The molecule has 1 N–H and O–H groups in total. The maximum Gasteiger partial charge on any atom is 0.269 e. The summed E-state index contributed by atoms with van der Waals surface area (Å²) in [5.41, 5.74) is 0.852. The summed E-state index contributed by atoms with van der Waals surface area (Å²) in [6.07, 6.45) is 8.49. The molecule has 126 valence electrons. The Morgan fingerprint density at radius 3 is 2.52 bits per heavy atom. The minimum atomic E-state index is -0.413. The first-order valence-corrected chi connectivity index (χ1v) is 8.76. The van der Waals surface area contributed by atoms with Crippen LogP contribution in [0.3, 0.4) is 0 Å². The number of nitro groups is 1. The number of benzene rings is 1. The third-order valence-electron chi connectivity index (χ3n) is 4.44. The van der Waals surface area contributed by atoms with Gasteiger partial charge in [0.05, 0.1) is 4.92 Å². The zero-order valence-corrected chi connectivity index (χ0v) is 14.2. The molecule has 0 bridgehead atoms. The minimum absolute atomic E-state index is 0.0594. The van der Waals surface area contributed by atoms with Crippen LogP contribution in [-0.2, 0) is 11.2 Å². The van der Waals surface area contributed by atoms with Crippen molar-refractivity contribution in [2.75, 3.05) is 6.54 Å². The number of thiol groups is 1. The maximum absolute atomic E-state index is 12.3. The molecule has 0 aromatic heterocycles. The van der Waals surface area contributed by atoms with Gasteiger partial charge < -0.3 is 5.32 Å². The second-order valence-electron chi connectivity index (χ2n) is 6.15. The lowest BCUT2D eigenvalue weighted by molar-refractivity contribution is -0.385. The van der Waals surface area contributed by atoms with Gasteiger partial charge in [-0.1, -0.05) is 32.1 Å². The summed E-state index contributed by atoms with van der Waals surface area (Å²) >= 11 is 4.33. The van der Waals surface area contributed by atoms with E-state index in [1.54, 1.807) is 6.07 Å².